The average molecular weight is 406 g/mol. The van der Waals surface area contributed by atoms with Gasteiger partial charge in [-0.3, -0.25) is 14.4 Å². The molecule has 1 aromatic heterocycles. The molecule has 0 bridgehead atoms. The van der Waals surface area contributed by atoms with Gasteiger partial charge in [0, 0.05) is 12.6 Å². The fraction of sp³-hybridized carbons (Fsp3) is 0.333. The van der Waals surface area contributed by atoms with E-state index in [1.54, 1.807) is 0 Å². The van der Waals surface area contributed by atoms with Crippen LogP contribution in [-0.2, 0) is 16.1 Å². The second-order valence-electron chi connectivity index (χ2n) is 6.73. The maximum absolute atomic E-state index is 13.7. The maximum atomic E-state index is 13.7. The molecule has 0 radical (unpaired) electrons. The van der Waals surface area contributed by atoms with Crippen molar-refractivity contribution in [2.75, 3.05) is 22.5 Å². The lowest BCUT2D eigenvalue weighted by Crippen LogP contribution is -2.43. The van der Waals surface area contributed by atoms with Crippen LogP contribution in [0.1, 0.15) is 12.8 Å². The Morgan fingerprint density at radius 2 is 2.07 bits per heavy atom. The van der Waals surface area contributed by atoms with Crippen molar-refractivity contribution in [2.24, 2.45) is 5.92 Å². The van der Waals surface area contributed by atoms with E-state index in [9.17, 15) is 23.2 Å². The summed E-state index contributed by atoms with van der Waals surface area (Å²) in [6, 6.07) is 2.76. The van der Waals surface area contributed by atoms with Crippen LogP contribution in [0.25, 0.3) is 0 Å². The molecule has 2 heterocycles. The molecule has 1 aliphatic heterocycles. The third-order valence-electron chi connectivity index (χ3n) is 4.54. The molecule has 28 heavy (non-hydrogen) atoms. The molecule has 10 heteroatoms. The minimum Gasteiger partial charge on any atom is -0.322 e. The van der Waals surface area contributed by atoms with Crippen molar-refractivity contribution in [2.45, 2.75) is 24.3 Å². The Kier molecular flexibility index (Phi) is 4.88. The highest BCUT2D eigenvalue weighted by Crippen LogP contribution is 2.36. The van der Waals surface area contributed by atoms with Gasteiger partial charge in [0.25, 0.3) is 5.56 Å². The molecular formula is C18H16F2N4O3S. The van der Waals surface area contributed by atoms with Gasteiger partial charge in [-0.1, -0.05) is 0 Å². The van der Waals surface area contributed by atoms with E-state index in [4.69, 9.17) is 0 Å². The van der Waals surface area contributed by atoms with Crippen LogP contribution in [-0.4, -0.2) is 33.9 Å². The first-order valence-corrected chi connectivity index (χ1v) is 9.69. The first-order chi connectivity index (χ1) is 13.4. The summed E-state index contributed by atoms with van der Waals surface area (Å²) < 4.78 is 27.6. The molecule has 4 rings (SSSR count). The van der Waals surface area contributed by atoms with Crippen molar-refractivity contribution in [3.8, 4) is 0 Å². The smallest absolute Gasteiger partial charge is 0.292 e. The zero-order valence-electron chi connectivity index (χ0n) is 14.7. The lowest BCUT2D eigenvalue weighted by atomic mass is 10.3. The van der Waals surface area contributed by atoms with E-state index in [1.165, 1.54) is 22.9 Å². The topological polar surface area (TPSA) is 84.3 Å². The van der Waals surface area contributed by atoms with Crippen molar-refractivity contribution < 1.29 is 18.4 Å². The number of nitrogens with zero attached hydrogens (tertiary/aromatic N) is 3. The predicted octanol–water partition coefficient (Wildman–Crippen LogP) is 2.01. The summed E-state index contributed by atoms with van der Waals surface area (Å²) in [6.07, 6.45) is 3.51. The summed E-state index contributed by atoms with van der Waals surface area (Å²) >= 11 is 1.24. The Morgan fingerprint density at radius 1 is 1.29 bits per heavy atom. The number of amides is 2. The quantitative estimate of drug-likeness (QED) is 0.821. The third kappa shape index (κ3) is 3.77. The number of halogens is 2. The number of hydrogen-bond donors (Lipinski definition) is 1. The van der Waals surface area contributed by atoms with Gasteiger partial charge in [-0.2, -0.15) is 5.10 Å². The molecular weight excluding hydrogens is 390 g/mol. The summed E-state index contributed by atoms with van der Waals surface area (Å²) in [6.45, 7) is 0.0255. The minimum atomic E-state index is -0.920. The number of anilines is 2. The summed E-state index contributed by atoms with van der Waals surface area (Å²) in [5, 5.41) is 6.28. The summed E-state index contributed by atoms with van der Waals surface area (Å²) in [5.41, 5.74) is -0.504. The van der Waals surface area contributed by atoms with E-state index in [0.29, 0.717) is 23.4 Å². The molecule has 0 unspecified atom stereocenters. The fourth-order valence-electron chi connectivity index (χ4n) is 2.94. The summed E-state index contributed by atoms with van der Waals surface area (Å²) in [5.74, 6) is -1.88. The first-order valence-electron chi connectivity index (χ1n) is 8.70. The van der Waals surface area contributed by atoms with Crippen LogP contribution in [0.5, 0.6) is 0 Å². The van der Waals surface area contributed by atoms with Gasteiger partial charge in [0.1, 0.15) is 23.9 Å². The van der Waals surface area contributed by atoms with Gasteiger partial charge < -0.3 is 10.2 Å². The van der Waals surface area contributed by atoms with Crippen molar-refractivity contribution in [1.82, 2.24) is 9.78 Å². The highest BCUT2D eigenvalue weighted by molar-refractivity contribution is 8.00. The van der Waals surface area contributed by atoms with Gasteiger partial charge in [0.2, 0.25) is 11.8 Å². The number of rotatable bonds is 5. The Hall–Kier alpha value is -2.75. The molecule has 1 aliphatic carbocycles. The zero-order valence-corrected chi connectivity index (χ0v) is 15.5. The number of aromatic nitrogens is 2. The van der Waals surface area contributed by atoms with Gasteiger partial charge in [-0.25, -0.2) is 13.5 Å². The second-order valence-corrected chi connectivity index (χ2v) is 7.75. The number of thioether (sulfide) groups is 1. The minimum absolute atomic E-state index is 0.142. The molecule has 1 fully saturated rings. The Morgan fingerprint density at radius 3 is 2.79 bits per heavy atom. The van der Waals surface area contributed by atoms with Crippen LogP contribution < -0.4 is 15.8 Å². The van der Waals surface area contributed by atoms with Gasteiger partial charge >= 0.3 is 0 Å². The molecule has 2 amide bonds. The third-order valence-corrected chi connectivity index (χ3v) is 5.54. The van der Waals surface area contributed by atoms with Crippen LogP contribution in [0.2, 0.25) is 0 Å². The molecule has 1 saturated carbocycles. The molecule has 1 N–H and O–H groups in total. The van der Waals surface area contributed by atoms with Crippen LogP contribution in [0.3, 0.4) is 0 Å². The number of fused-ring (bicyclic) bond motifs is 1. The predicted molar refractivity (Wildman–Crippen MR) is 99.3 cm³/mol. The SMILES string of the molecule is O=C(Cn1ncc2c(c1=O)N(CC1CC1)C(=O)CS2)Nc1ccc(F)cc1F. The van der Waals surface area contributed by atoms with Gasteiger partial charge in [0.05, 0.1) is 22.5 Å². The van der Waals surface area contributed by atoms with E-state index < -0.39 is 29.6 Å². The Balaban J connectivity index is 1.57. The van der Waals surface area contributed by atoms with E-state index in [0.717, 1.165) is 29.7 Å². The molecule has 0 spiro atoms. The average Bonchev–Trinajstić information content (AvgIpc) is 3.46. The van der Waals surface area contributed by atoms with Crippen LogP contribution >= 0.6 is 11.8 Å². The van der Waals surface area contributed by atoms with E-state index in [-0.39, 0.29) is 23.0 Å². The van der Waals surface area contributed by atoms with Crippen LogP contribution in [0, 0.1) is 17.6 Å². The maximum Gasteiger partial charge on any atom is 0.292 e. The standard InChI is InChI=1S/C18H16F2N4O3S/c19-11-3-4-13(12(20)5-11)22-15(25)8-24-18(27)17-14(6-21-24)28-9-16(26)23(17)7-10-1-2-10/h3-6,10H,1-2,7-9H2,(H,22,25). The van der Waals surface area contributed by atoms with Crippen molar-refractivity contribution >= 4 is 35.0 Å². The Labute approximate surface area is 162 Å². The van der Waals surface area contributed by atoms with E-state index >= 15 is 0 Å². The van der Waals surface area contributed by atoms with Crippen LogP contribution in [0.15, 0.2) is 34.1 Å². The fourth-order valence-corrected chi connectivity index (χ4v) is 3.83. The van der Waals surface area contributed by atoms with E-state index in [1.807, 2.05) is 0 Å². The number of hydrogen-bond acceptors (Lipinski definition) is 5. The van der Waals surface area contributed by atoms with Crippen molar-refractivity contribution in [3.63, 3.8) is 0 Å². The van der Waals surface area contributed by atoms with Crippen molar-refractivity contribution in [3.05, 3.63) is 46.4 Å². The van der Waals surface area contributed by atoms with Crippen molar-refractivity contribution in [1.29, 1.82) is 0 Å². The number of carbonyl (C=O) groups is 2. The normalized spacial score (nSPS) is 16.1. The summed E-state index contributed by atoms with van der Waals surface area (Å²) in [7, 11) is 0. The lowest BCUT2D eigenvalue weighted by molar-refractivity contribution is -0.117. The van der Waals surface area contributed by atoms with Gasteiger partial charge in [0.15, 0.2) is 0 Å². The number of nitrogens with one attached hydrogen (secondary N) is 1. The van der Waals surface area contributed by atoms with Gasteiger partial charge in [-0.05, 0) is 30.9 Å². The molecule has 146 valence electrons. The largest absolute Gasteiger partial charge is 0.322 e. The molecule has 7 nitrogen and oxygen atoms in total. The highest BCUT2D eigenvalue weighted by Gasteiger charge is 2.34. The molecule has 2 aromatic rings. The highest BCUT2D eigenvalue weighted by atomic mass is 32.2. The zero-order chi connectivity index (χ0) is 19.8. The lowest BCUT2D eigenvalue weighted by Gasteiger charge is -2.28. The van der Waals surface area contributed by atoms with E-state index in [2.05, 4.69) is 10.4 Å². The molecule has 0 saturated heterocycles. The van der Waals surface area contributed by atoms with Crippen LogP contribution in [0.4, 0.5) is 20.2 Å². The van der Waals surface area contributed by atoms with Gasteiger partial charge in [-0.15, -0.1) is 11.8 Å². The summed E-state index contributed by atoms with van der Waals surface area (Å²) in [4.78, 5) is 39.5. The molecule has 2 aliphatic rings. The first kappa shape index (κ1) is 18.6. The molecule has 0 atom stereocenters. The Bertz CT molecular complexity index is 1020. The second kappa shape index (κ2) is 7.34. The number of benzene rings is 1. The molecule has 1 aromatic carbocycles. The number of carbonyl (C=O) groups excluding carboxylic acids is 2. The monoisotopic (exact) mass is 406 g/mol.